The third-order valence-electron chi connectivity index (χ3n) is 2.46. The van der Waals surface area contributed by atoms with Gasteiger partial charge in [0.25, 0.3) is 5.91 Å². The van der Waals surface area contributed by atoms with Crippen LogP contribution < -0.4 is 5.32 Å². The Kier molecular flexibility index (Phi) is 4.80. The van der Waals surface area contributed by atoms with Crippen molar-refractivity contribution in [3.63, 3.8) is 0 Å². The molecule has 0 aliphatic heterocycles. The highest BCUT2D eigenvalue weighted by atomic mass is 79.9. The van der Waals surface area contributed by atoms with Gasteiger partial charge >= 0.3 is 0 Å². The number of nitrogens with zero attached hydrogens (tertiary/aromatic N) is 1. The van der Waals surface area contributed by atoms with E-state index in [-0.39, 0.29) is 16.1 Å². The Hall–Kier alpha value is -1.10. The molecule has 1 heterocycles. The lowest BCUT2D eigenvalue weighted by Gasteiger charge is -2.08. The fourth-order valence-electron chi connectivity index (χ4n) is 1.50. The van der Waals surface area contributed by atoms with Gasteiger partial charge in [-0.15, -0.1) is 0 Å². The van der Waals surface area contributed by atoms with Crippen molar-refractivity contribution in [3.05, 3.63) is 62.3 Å². The molecule has 0 spiro atoms. The van der Waals surface area contributed by atoms with Crippen molar-refractivity contribution in [3.8, 4) is 0 Å². The Bertz CT molecular complexity index is 619. The second kappa shape index (κ2) is 6.37. The molecule has 2 rings (SSSR count). The number of halogens is 3. The van der Waals surface area contributed by atoms with E-state index in [0.29, 0.717) is 12.1 Å². The zero-order valence-corrected chi connectivity index (χ0v) is 12.8. The van der Waals surface area contributed by atoms with Crippen LogP contribution in [0.3, 0.4) is 0 Å². The van der Waals surface area contributed by atoms with Gasteiger partial charge in [-0.05, 0) is 17.7 Å². The number of amides is 1. The molecule has 1 aromatic carbocycles. The van der Waals surface area contributed by atoms with Crippen LogP contribution in [-0.4, -0.2) is 10.9 Å². The van der Waals surface area contributed by atoms with E-state index >= 15 is 0 Å². The van der Waals surface area contributed by atoms with E-state index in [1.807, 2.05) is 24.3 Å². The number of hydrogen-bond donors (Lipinski definition) is 1. The lowest BCUT2D eigenvalue weighted by Crippen LogP contribution is -2.23. The van der Waals surface area contributed by atoms with E-state index in [1.165, 1.54) is 12.3 Å². The molecule has 0 aliphatic rings. The van der Waals surface area contributed by atoms with E-state index in [1.54, 1.807) is 0 Å². The fraction of sp³-hybridized carbons (Fsp3) is 0.0769. The number of rotatable bonds is 3. The summed E-state index contributed by atoms with van der Waals surface area (Å²) in [5.74, 6) is -0.287. The molecular formula is C13H9BrCl2N2O. The number of nitrogens with one attached hydrogen (secondary N) is 1. The third kappa shape index (κ3) is 3.69. The minimum atomic E-state index is -0.287. The Morgan fingerprint density at radius 3 is 2.79 bits per heavy atom. The van der Waals surface area contributed by atoms with E-state index in [4.69, 9.17) is 23.2 Å². The molecule has 6 heteroatoms. The smallest absolute Gasteiger partial charge is 0.253 e. The molecular weight excluding hydrogens is 351 g/mol. The topological polar surface area (TPSA) is 42.0 Å². The molecule has 98 valence electrons. The first-order valence-electron chi connectivity index (χ1n) is 5.40. The summed E-state index contributed by atoms with van der Waals surface area (Å²) in [5, 5.41) is 3.29. The Labute approximate surface area is 129 Å². The van der Waals surface area contributed by atoms with Gasteiger partial charge in [0, 0.05) is 17.2 Å². The normalized spacial score (nSPS) is 10.3. The zero-order valence-electron chi connectivity index (χ0n) is 9.66. The SMILES string of the molecule is O=C(NCc1ccccc1Br)c1cc(Cl)ncc1Cl. The van der Waals surface area contributed by atoms with Crippen LogP contribution in [-0.2, 0) is 6.54 Å². The van der Waals surface area contributed by atoms with Gasteiger partial charge in [-0.1, -0.05) is 57.3 Å². The Morgan fingerprint density at radius 2 is 2.05 bits per heavy atom. The van der Waals surface area contributed by atoms with Crippen LogP contribution >= 0.6 is 39.1 Å². The molecule has 0 saturated heterocycles. The molecule has 1 aromatic heterocycles. The van der Waals surface area contributed by atoms with Crippen LogP contribution in [0.25, 0.3) is 0 Å². The molecule has 0 atom stereocenters. The Morgan fingerprint density at radius 1 is 1.32 bits per heavy atom. The number of hydrogen-bond acceptors (Lipinski definition) is 2. The van der Waals surface area contributed by atoms with Crippen molar-refractivity contribution in [1.29, 1.82) is 0 Å². The first kappa shape index (κ1) is 14.3. The fourth-order valence-corrected chi connectivity index (χ4v) is 2.27. The molecule has 0 saturated carbocycles. The van der Waals surface area contributed by atoms with Gasteiger partial charge < -0.3 is 5.32 Å². The highest BCUT2D eigenvalue weighted by molar-refractivity contribution is 9.10. The maximum Gasteiger partial charge on any atom is 0.253 e. The molecule has 0 radical (unpaired) electrons. The van der Waals surface area contributed by atoms with Gasteiger partial charge in [0.15, 0.2) is 0 Å². The van der Waals surface area contributed by atoms with Gasteiger partial charge in [0.2, 0.25) is 0 Å². The highest BCUT2D eigenvalue weighted by Gasteiger charge is 2.11. The standard InChI is InChI=1S/C13H9BrCl2N2O/c14-10-4-2-1-3-8(10)6-18-13(19)9-5-12(16)17-7-11(9)15/h1-5,7H,6H2,(H,18,19). The largest absolute Gasteiger partial charge is 0.348 e. The summed E-state index contributed by atoms with van der Waals surface area (Å²) < 4.78 is 0.939. The van der Waals surface area contributed by atoms with E-state index in [9.17, 15) is 4.79 Å². The molecule has 19 heavy (non-hydrogen) atoms. The minimum absolute atomic E-state index is 0.232. The lowest BCUT2D eigenvalue weighted by atomic mass is 10.2. The second-order valence-corrected chi connectivity index (χ2v) is 5.41. The van der Waals surface area contributed by atoms with Crippen molar-refractivity contribution >= 4 is 45.0 Å². The van der Waals surface area contributed by atoms with Crippen LogP contribution in [0, 0.1) is 0 Å². The predicted octanol–water partition coefficient (Wildman–Crippen LogP) is 4.08. The first-order valence-corrected chi connectivity index (χ1v) is 6.95. The van der Waals surface area contributed by atoms with Gasteiger partial charge in [0.1, 0.15) is 5.15 Å². The maximum absolute atomic E-state index is 12.0. The third-order valence-corrected chi connectivity index (χ3v) is 3.75. The van der Waals surface area contributed by atoms with E-state index < -0.39 is 0 Å². The average molecular weight is 360 g/mol. The molecule has 0 unspecified atom stereocenters. The van der Waals surface area contributed by atoms with Gasteiger partial charge in [-0.25, -0.2) is 4.98 Å². The van der Waals surface area contributed by atoms with Gasteiger partial charge in [-0.2, -0.15) is 0 Å². The molecule has 0 bridgehead atoms. The summed E-state index contributed by atoms with van der Waals surface area (Å²) in [6.07, 6.45) is 1.36. The average Bonchev–Trinajstić information content (AvgIpc) is 2.40. The van der Waals surface area contributed by atoms with Gasteiger partial charge in [-0.3, -0.25) is 4.79 Å². The number of pyridine rings is 1. The van der Waals surface area contributed by atoms with Crippen molar-refractivity contribution in [2.24, 2.45) is 0 Å². The summed E-state index contributed by atoms with van der Waals surface area (Å²) in [4.78, 5) is 15.8. The predicted molar refractivity (Wildman–Crippen MR) is 79.6 cm³/mol. The molecule has 1 amide bonds. The van der Waals surface area contributed by atoms with Crippen LogP contribution in [0.1, 0.15) is 15.9 Å². The monoisotopic (exact) mass is 358 g/mol. The van der Waals surface area contributed by atoms with Crippen LogP contribution in [0.5, 0.6) is 0 Å². The quantitative estimate of drug-likeness (QED) is 0.839. The number of benzene rings is 1. The van der Waals surface area contributed by atoms with Crippen LogP contribution in [0.15, 0.2) is 41.0 Å². The van der Waals surface area contributed by atoms with Crippen LogP contribution in [0.2, 0.25) is 10.2 Å². The van der Waals surface area contributed by atoms with Crippen molar-refractivity contribution in [2.45, 2.75) is 6.54 Å². The second-order valence-electron chi connectivity index (χ2n) is 3.76. The summed E-state index contributed by atoms with van der Waals surface area (Å²) in [7, 11) is 0. The van der Waals surface area contributed by atoms with Crippen LogP contribution in [0.4, 0.5) is 0 Å². The number of carbonyl (C=O) groups excluding carboxylic acids is 1. The molecule has 3 nitrogen and oxygen atoms in total. The Balaban J connectivity index is 2.10. The lowest BCUT2D eigenvalue weighted by molar-refractivity contribution is 0.0951. The molecule has 2 aromatic rings. The summed E-state index contributed by atoms with van der Waals surface area (Å²) in [6, 6.07) is 9.10. The first-order chi connectivity index (χ1) is 9.08. The van der Waals surface area contributed by atoms with E-state index in [0.717, 1.165) is 10.0 Å². The summed E-state index contributed by atoms with van der Waals surface area (Å²) in [6.45, 7) is 0.399. The summed E-state index contributed by atoms with van der Waals surface area (Å²) >= 11 is 15.1. The molecule has 0 fully saturated rings. The van der Waals surface area contributed by atoms with Gasteiger partial charge in [0.05, 0.1) is 10.6 Å². The number of aromatic nitrogens is 1. The van der Waals surface area contributed by atoms with E-state index in [2.05, 4.69) is 26.2 Å². The maximum atomic E-state index is 12.0. The minimum Gasteiger partial charge on any atom is -0.348 e. The molecule has 0 aliphatic carbocycles. The van der Waals surface area contributed by atoms with Crippen molar-refractivity contribution < 1.29 is 4.79 Å². The number of carbonyl (C=O) groups is 1. The van der Waals surface area contributed by atoms with Crippen molar-refractivity contribution in [2.75, 3.05) is 0 Å². The molecule has 1 N–H and O–H groups in total. The zero-order chi connectivity index (χ0) is 13.8. The van der Waals surface area contributed by atoms with Crippen molar-refractivity contribution in [1.82, 2.24) is 10.3 Å². The highest BCUT2D eigenvalue weighted by Crippen LogP contribution is 2.19. The summed E-state index contributed by atoms with van der Waals surface area (Å²) in [5.41, 5.74) is 1.29.